The van der Waals surface area contributed by atoms with Gasteiger partial charge >= 0.3 is 5.97 Å². The van der Waals surface area contributed by atoms with Crippen LogP contribution in [0.2, 0.25) is 0 Å². The van der Waals surface area contributed by atoms with Crippen LogP contribution in [0.15, 0.2) is 0 Å². The van der Waals surface area contributed by atoms with Crippen molar-refractivity contribution in [2.24, 2.45) is 11.7 Å². The lowest BCUT2D eigenvalue weighted by molar-refractivity contribution is -0.148. The largest absolute Gasteiger partial charge is 0.465 e. The van der Waals surface area contributed by atoms with Gasteiger partial charge in [0.25, 0.3) is 0 Å². The fraction of sp³-hybridized carbons (Fsp3) is 0.727. The quantitative estimate of drug-likeness (QED) is 0.539. The van der Waals surface area contributed by atoms with Gasteiger partial charge in [-0.15, -0.1) is 0 Å². The number of thiocarbonyl (C=S) groups is 1. The summed E-state index contributed by atoms with van der Waals surface area (Å²) < 4.78 is 4.77. The van der Waals surface area contributed by atoms with Gasteiger partial charge in [-0.05, 0) is 13.3 Å². The molecule has 98 valence electrons. The second-order valence-electron chi connectivity index (χ2n) is 3.74. The highest BCUT2D eigenvalue weighted by Crippen LogP contribution is 2.10. The topological polar surface area (TPSA) is 72.6 Å². The first-order chi connectivity index (χ1) is 7.93. The summed E-state index contributed by atoms with van der Waals surface area (Å²) in [5.74, 6) is -1.15. The first-order valence-corrected chi connectivity index (χ1v) is 6.04. The summed E-state index contributed by atoms with van der Waals surface area (Å²) in [5, 5.41) is 0. The molecule has 0 aromatic rings. The minimum absolute atomic E-state index is 0.0739. The van der Waals surface area contributed by atoms with E-state index in [0.29, 0.717) is 13.0 Å². The summed E-state index contributed by atoms with van der Waals surface area (Å²) in [4.78, 5) is 24.7. The van der Waals surface area contributed by atoms with Crippen LogP contribution in [0.4, 0.5) is 0 Å². The highest BCUT2D eigenvalue weighted by molar-refractivity contribution is 7.80. The Morgan fingerprint density at radius 3 is 2.41 bits per heavy atom. The standard InChI is InChI=1S/C11H20N2O3S/c1-4-6-8(10(12)17)11(15)13(3)7-9(14)16-5-2/h8H,4-7H2,1-3H3,(H2,12,17). The molecule has 0 saturated heterocycles. The minimum Gasteiger partial charge on any atom is -0.465 e. The molecular formula is C11H20N2O3S. The Bertz CT molecular complexity index is 294. The molecule has 17 heavy (non-hydrogen) atoms. The number of hydrogen-bond acceptors (Lipinski definition) is 4. The van der Waals surface area contributed by atoms with Crippen LogP contribution in [0.25, 0.3) is 0 Å². The molecule has 0 radical (unpaired) electrons. The third-order valence-corrected chi connectivity index (χ3v) is 2.55. The number of carbonyl (C=O) groups is 2. The van der Waals surface area contributed by atoms with Gasteiger partial charge < -0.3 is 15.4 Å². The molecule has 0 fully saturated rings. The highest BCUT2D eigenvalue weighted by Gasteiger charge is 2.25. The molecule has 0 aromatic carbocycles. The molecule has 0 saturated carbocycles. The lowest BCUT2D eigenvalue weighted by atomic mass is 10.0. The van der Waals surface area contributed by atoms with Crippen molar-refractivity contribution in [2.45, 2.75) is 26.7 Å². The van der Waals surface area contributed by atoms with Gasteiger partial charge in [0.1, 0.15) is 6.54 Å². The van der Waals surface area contributed by atoms with Crippen molar-refractivity contribution >= 4 is 29.1 Å². The average molecular weight is 260 g/mol. The molecule has 5 nitrogen and oxygen atoms in total. The molecule has 0 rings (SSSR count). The molecule has 0 aromatic heterocycles. The van der Waals surface area contributed by atoms with E-state index in [9.17, 15) is 9.59 Å². The Balaban J connectivity index is 4.44. The number of amides is 1. The van der Waals surface area contributed by atoms with E-state index in [0.717, 1.165) is 6.42 Å². The molecule has 0 aliphatic rings. The van der Waals surface area contributed by atoms with E-state index in [-0.39, 0.29) is 17.4 Å². The number of nitrogens with two attached hydrogens (primary N) is 1. The fourth-order valence-corrected chi connectivity index (χ4v) is 1.64. The monoisotopic (exact) mass is 260 g/mol. The zero-order chi connectivity index (χ0) is 13.4. The molecule has 6 heteroatoms. The van der Waals surface area contributed by atoms with Crippen LogP contribution >= 0.6 is 12.2 Å². The molecule has 1 amide bonds. The van der Waals surface area contributed by atoms with Gasteiger partial charge in [0.2, 0.25) is 5.91 Å². The third-order valence-electron chi connectivity index (χ3n) is 2.27. The van der Waals surface area contributed by atoms with Gasteiger partial charge in [0.15, 0.2) is 0 Å². The van der Waals surface area contributed by atoms with Gasteiger partial charge in [-0.2, -0.15) is 0 Å². The smallest absolute Gasteiger partial charge is 0.325 e. The molecule has 1 unspecified atom stereocenters. The van der Waals surface area contributed by atoms with E-state index in [2.05, 4.69) is 0 Å². The average Bonchev–Trinajstić information content (AvgIpc) is 2.24. The predicted molar refractivity (Wildman–Crippen MR) is 69.5 cm³/mol. The number of nitrogens with zero attached hydrogens (tertiary/aromatic N) is 1. The summed E-state index contributed by atoms with van der Waals surface area (Å²) >= 11 is 4.86. The van der Waals surface area contributed by atoms with Crippen LogP contribution in [0.1, 0.15) is 26.7 Å². The van der Waals surface area contributed by atoms with Crippen molar-refractivity contribution in [3.63, 3.8) is 0 Å². The van der Waals surface area contributed by atoms with Crippen molar-refractivity contribution in [3.05, 3.63) is 0 Å². The molecule has 0 heterocycles. The highest BCUT2D eigenvalue weighted by atomic mass is 32.1. The Morgan fingerprint density at radius 1 is 1.41 bits per heavy atom. The second-order valence-corrected chi connectivity index (χ2v) is 4.21. The first kappa shape index (κ1) is 15.8. The molecule has 0 aliphatic carbocycles. The van der Waals surface area contributed by atoms with E-state index < -0.39 is 11.9 Å². The van der Waals surface area contributed by atoms with Gasteiger partial charge in [-0.1, -0.05) is 25.6 Å². The summed E-state index contributed by atoms with van der Waals surface area (Å²) in [7, 11) is 1.54. The minimum atomic E-state index is -0.491. The van der Waals surface area contributed by atoms with Crippen LogP contribution in [-0.2, 0) is 14.3 Å². The Labute approximate surface area is 107 Å². The van der Waals surface area contributed by atoms with Gasteiger partial charge in [0, 0.05) is 7.05 Å². The normalized spacial score (nSPS) is 11.7. The SMILES string of the molecule is CCCC(C(=O)N(C)CC(=O)OCC)C(N)=S. The number of hydrogen-bond donors (Lipinski definition) is 1. The summed E-state index contributed by atoms with van der Waals surface area (Å²) in [6.07, 6.45) is 1.41. The maximum atomic E-state index is 12.0. The number of ether oxygens (including phenoxy) is 1. The van der Waals surface area contributed by atoms with E-state index in [1.807, 2.05) is 6.92 Å². The summed E-state index contributed by atoms with van der Waals surface area (Å²) in [5.41, 5.74) is 5.52. The maximum absolute atomic E-state index is 12.0. The van der Waals surface area contributed by atoms with Crippen molar-refractivity contribution < 1.29 is 14.3 Å². The first-order valence-electron chi connectivity index (χ1n) is 5.63. The van der Waals surface area contributed by atoms with Crippen LogP contribution in [0.3, 0.4) is 0 Å². The Hall–Kier alpha value is -1.17. The van der Waals surface area contributed by atoms with E-state index in [1.165, 1.54) is 4.90 Å². The predicted octanol–water partition coefficient (Wildman–Crippen LogP) is 0.710. The molecule has 2 N–H and O–H groups in total. The Kier molecular flexibility index (Phi) is 7.45. The van der Waals surface area contributed by atoms with Crippen molar-refractivity contribution in [2.75, 3.05) is 20.2 Å². The molecule has 0 aliphatic heterocycles. The van der Waals surface area contributed by atoms with Crippen molar-refractivity contribution in [1.82, 2.24) is 4.90 Å². The zero-order valence-corrected chi connectivity index (χ0v) is 11.4. The summed E-state index contributed by atoms with van der Waals surface area (Å²) in [6.45, 7) is 3.89. The van der Waals surface area contributed by atoms with E-state index >= 15 is 0 Å². The number of carbonyl (C=O) groups excluding carboxylic acids is 2. The van der Waals surface area contributed by atoms with E-state index in [1.54, 1.807) is 14.0 Å². The van der Waals surface area contributed by atoms with E-state index in [4.69, 9.17) is 22.7 Å². The van der Waals surface area contributed by atoms with Gasteiger partial charge in [-0.25, -0.2) is 0 Å². The number of esters is 1. The van der Waals surface area contributed by atoms with Crippen LogP contribution < -0.4 is 5.73 Å². The number of rotatable bonds is 7. The van der Waals surface area contributed by atoms with Gasteiger partial charge in [-0.3, -0.25) is 9.59 Å². The molecule has 1 atom stereocenters. The third kappa shape index (κ3) is 5.63. The van der Waals surface area contributed by atoms with Crippen LogP contribution in [0.5, 0.6) is 0 Å². The maximum Gasteiger partial charge on any atom is 0.325 e. The zero-order valence-electron chi connectivity index (χ0n) is 10.6. The summed E-state index contributed by atoms with van der Waals surface area (Å²) in [6, 6.07) is 0. The fourth-order valence-electron chi connectivity index (χ4n) is 1.42. The van der Waals surface area contributed by atoms with Crippen LogP contribution in [0, 0.1) is 5.92 Å². The lowest BCUT2D eigenvalue weighted by Gasteiger charge is -2.22. The molecular weight excluding hydrogens is 240 g/mol. The van der Waals surface area contributed by atoms with Crippen molar-refractivity contribution in [3.8, 4) is 0 Å². The molecule has 0 spiro atoms. The van der Waals surface area contributed by atoms with Gasteiger partial charge in [0.05, 0.1) is 17.5 Å². The van der Waals surface area contributed by atoms with Crippen LogP contribution in [-0.4, -0.2) is 42.0 Å². The lowest BCUT2D eigenvalue weighted by Crippen LogP contribution is -2.41. The Morgan fingerprint density at radius 2 is 2.00 bits per heavy atom. The second kappa shape index (κ2) is 8.00. The number of likely N-dealkylation sites (N-methyl/N-ethyl adjacent to an activating group) is 1. The van der Waals surface area contributed by atoms with Crippen molar-refractivity contribution in [1.29, 1.82) is 0 Å². The molecule has 0 bridgehead atoms.